The van der Waals surface area contributed by atoms with Gasteiger partial charge in [0.25, 0.3) is 0 Å². The first-order chi connectivity index (χ1) is 5.36. The predicted molar refractivity (Wildman–Crippen MR) is 40.2 cm³/mol. The third-order valence-electron chi connectivity index (χ3n) is 1.42. The van der Waals surface area contributed by atoms with E-state index in [-0.39, 0.29) is 5.56 Å². The van der Waals surface area contributed by atoms with Gasteiger partial charge in [0, 0.05) is 17.6 Å². The van der Waals surface area contributed by atoms with Crippen molar-refractivity contribution in [2.24, 2.45) is 0 Å². The molecule has 4 nitrogen and oxygen atoms in total. The van der Waals surface area contributed by atoms with Crippen molar-refractivity contribution in [2.75, 3.05) is 0 Å². The van der Waals surface area contributed by atoms with Crippen LogP contribution in [0.3, 0.4) is 0 Å². The molecule has 1 N–H and O–H groups in total. The van der Waals surface area contributed by atoms with Crippen LogP contribution in [-0.4, -0.2) is 15.2 Å². The maximum absolute atomic E-state index is 10.8. The number of nitrogens with one attached hydrogen (secondary N) is 1. The van der Waals surface area contributed by atoms with Gasteiger partial charge < -0.3 is 4.98 Å². The zero-order valence-corrected chi connectivity index (χ0v) is 5.61. The van der Waals surface area contributed by atoms with Crippen molar-refractivity contribution in [1.82, 2.24) is 15.2 Å². The number of aromatic amines is 1. The number of fused-ring (bicyclic) bond motifs is 1. The molecule has 0 fully saturated rings. The fourth-order valence-corrected chi connectivity index (χ4v) is 0.909. The molecular weight excluding hydrogens is 142 g/mol. The fourth-order valence-electron chi connectivity index (χ4n) is 0.909. The van der Waals surface area contributed by atoms with E-state index in [9.17, 15) is 4.79 Å². The molecule has 4 heteroatoms. The molecule has 0 aliphatic heterocycles. The second-order valence-electron chi connectivity index (χ2n) is 2.17. The first-order valence-electron chi connectivity index (χ1n) is 3.16. The second-order valence-corrected chi connectivity index (χ2v) is 2.17. The molecule has 0 aliphatic rings. The topological polar surface area (TPSA) is 58.6 Å². The third-order valence-corrected chi connectivity index (χ3v) is 1.42. The highest BCUT2D eigenvalue weighted by Crippen LogP contribution is 2.02. The quantitative estimate of drug-likeness (QED) is 0.583. The third kappa shape index (κ3) is 0.980. The molecule has 0 amide bonds. The van der Waals surface area contributed by atoms with E-state index in [1.165, 1.54) is 6.07 Å². The van der Waals surface area contributed by atoms with Crippen molar-refractivity contribution >= 4 is 10.9 Å². The highest BCUT2D eigenvalue weighted by Gasteiger charge is 1.92. The number of aromatic nitrogens is 3. The molecule has 2 rings (SSSR count). The molecule has 0 bridgehead atoms. The average molecular weight is 147 g/mol. The van der Waals surface area contributed by atoms with Crippen molar-refractivity contribution in [3.05, 3.63) is 34.9 Å². The highest BCUT2D eigenvalue weighted by molar-refractivity contribution is 5.75. The Balaban J connectivity index is 2.94. The Morgan fingerprint density at radius 1 is 1.45 bits per heavy atom. The van der Waals surface area contributed by atoms with Crippen LogP contribution < -0.4 is 5.56 Å². The normalized spacial score (nSPS) is 10.2. The molecule has 0 spiro atoms. The van der Waals surface area contributed by atoms with Gasteiger partial charge in [-0.15, -0.1) is 5.10 Å². The number of hydrogen-bond donors (Lipinski definition) is 1. The number of pyridine rings is 1. The smallest absolute Gasteiger partial charge is 0.248 e. The Morgan fingerprint density at radius 3 is 3.27 bits per heavy atom. The predicted octanol–water partition coefficient (Wildman–Crippen LogP) is 0.318. The van der Waals surface area contributed by atoms with E-state index in [0.29, 0.717) is 5.52 Å². The van der Waals surface area contributed by atoms with Gasteiger partial charge in [-0.05, 0) is 6.07 Å². The molecule has 11 heavy (non-hydrogen) atoms. The van der Waals surface area contributed by atoms with E-state index in [4.69, 9.17) is 0 Å². The van der Waals surface area contributed by atoms with Crippen LogP contribution in [0.15, 0.2) is 29.3 Å². The van der Waals surface area contributed by atoms with Gasteiger partial charge in [0.2, 0.25) is 5.56 Å². The monoisotopic (exact) mass is 147 g/mol. The van der Waals surface area contributed by atoms with Gasteiger partial charge in [0.1, 0.15) is 5.52 Å². The van der Waals surface area contributed by atoms with Crippen molar-refractivity contribution in [3.8, 4) is 0 Å². The van der Waals surface area contributed by atoms with Crippen LogP contribution >= 0.6 is 0 Å². The van der Waals surface area contributed by atoms with Crippen molar-refractivity contribution < 1.29 is 0 Å². The van der Waals surface area contributed by atoms with Gasteiger partial charge in [0.05, 0.1) is 6.20 Å². The summed E-state index contributed by atoms with van der Waals surface area (Å²) in [6.45, 7) is 0. The molecule has 54 valence electrons. The van der Waals surface area contributed by atoms with Crippen LogP contribution in [0.5, 0.6) is 0 Å². The Hall–Kier alpha value is -1.71. The molecule has 0 atom stereocenters. The summed E-state index contributed by atoms with van der Waals surface area (Å²) in [5.41, 5.74) is 0.581. The molecule has 2 aromatic heterocycles. The largest absolute Gasteiger partial charge is 0.327 e. The van der Waals surface area contributed by atoms with Crippen LogP contribution in [0.4, 0.5) is 0 Å². The summed E-state index contributed by atoms with van der Waals surface area (Å²) in [7, 11) is 0. The first-order valence-corrected chi connectivity index (χ1v) is 3.16. The number of rotatable bonds is 0. The van der Waals surface area contributed by atoms with E-state index in [1.807, 2.05) is 0 Å². The van der Waals surface area contributed by atoms with Crippen LogP contribution in [0.2, 0.25) is 0 Å². The van der Waals surface area contributed by atoms with Gasteiger partial charge >= 0.3 is 0 Å². The fraction of sp³-hybridized carbons (Fsp3) is 0. The van der Waals surface area contributed by atoms with Gasteiger partial charge in [-0.1, -0.05) is 0 Å². The van der Waals surface area contributed by atoms with E-state index >= 15 is 0 Å². The summed E-state index contributed by atoms with van der Waals surface area (Å²) in [5.74, 6) is 0. The minimum atomic E-state index is -0.120. The molecule has 0 unspecified atom stereocenters. The summed E-state index contributed by atoms with van der Waals surface area (Å²) >= 11 is 0. The van der Waals surface area contributed by atoms with E-state index in [0.717, 1.165) is 5.39 Å². The molecule has 0 saturated carbocycles. The van der Waals surface area contributed by atoms with Crippen molar-refractivity contribution in [1.29, 1.82) is 0 Å². The Morgan fingerprint density at radius 2 is 2.36 bits per heavy atom. The SMILES string of the molecule is O=c1cc2ccnnc2c[nH]1. The lowest BCUT2D eigenvalue weighted by molar-refractivity contribution is 1.06. The average Bonchev–Trinajstić information content (AvgIpc) is 2.04. The van der Waals surface area contributed by atoms with E-state index < -0.39 is 0 Å². The molecule has 2 heterocycles. The maximum Gasteiger partial charge on any atom is 0.248 e. The van der Waals surface area contributed by atoms with E-state index in [1.54, 1.807) is 18.5 Å². The summed E-state index contributed by atoms with van der Waals surface area (Å²) in [5, 5.41) is 8.28. The Kier molecular flexibility index (Phi) is 1.18. The number of hydrogen-bond acceptors (Lipinski definition) is 3. The van der Waals surface area contributed by atoms with Crippen LogP contribution in [0.25, 0.3) is 10.9 Å². The van der Waals surface area contributed by atoms with Gasteiger partial charge in [-0.2, -0.15) is 5.10 Å². The molecular formula is C7H5N3O. The highest BCUT2D eigenvalue weighted by atomic mass is 16.1. The zero-order valence-electron chi connectivity index (χ0n) is 5.61. The van der Waals surface area contributed by atoms with Crippen LogP contribution in [-0.2, 0) is 0 Å². The number of nitrogens with zero attached hydrogens (tertiary/aromatic N) is 2. The minimum absolute atomic E-state index is 0.120. The molecule has 0 aromatic carbocycles. The Labute approximate surface area is 61.9 Å². The minimum Gasteiger partial charge on any atom is -0.327 e. The lowest BCUT2D eigenvalue weighted by atomic mass is 10.3. The second kappa shape index (κ2) is 2.16. The summed E-state index contributed by atoms with van der Waals surface area (Å²) in [6, 6.07) is 3.24. The van der Waals surface area contributed by atoms with Crippen LogP contribution in [0.1, 0.15) is 0 Å². The van der Waals surface area contributed by atoms with Gasteiger partial charge in [-0.3, -0.25) is 4.79 Å². The number of H-pyrrole nitrogens is 1. The Bertz CT molecular complexity index is 435. The maximum atomic E-state index is 10.8. The van der Waals surface area contributed by atoms with Crippen LogP contribution in [0, 0.1) is 0 Å². The molecule has 0 saturated heterocycles. The zero-order chi connectivity index (χ0) is 7.68. The molecule has 0 aliphatic carbocycles. The van der Waals surface area contributed by atoms with E-state index in [2.05, 4.69) is 15.2 Å². The first kappa shape index (κ1) is 6.03. The summed E-state index contributed by atoms with van der Waals surface area (Å²) < 4.78 is 0. The molecule has 0 radical (unpaired) electrons. The lowest BCUT2D eigenvalue weighted by Gasteiger charge is -1.90. The summed E-state index contributed by atoms with van der Waals surface area (Å²) in [6.07, 6.45) is 3.10. The van der Waals surface area contributed by atoms with Gasteiger partial charge in [0.15, 0.2) is 0 Å². The van der Waals surface area contributed by atoms with Crippen molar-refractivity contribution in [3.63, 3.8) is 0 Å². The molecule has 2 aromatic rings. The summed E-state index contributed by atoms with van der Waals surface area (Å²) in [4.78, 5) is 13.3. The van der Waals surface area contributed by atoms with Crippen molar-refractivity contribution in [2.45, 2.75) is 0 Å². The van der Waals surface area contributed by atoms with Gasteiger partial charge in [-0.25, -0.2) is 0 Å². The standard InChI is InChI=1S/C7H5N3O/c11-7-3-5-1-2-9-10-6(5)4-8-7/h1-4H,(H,8,11). The lowest BCUT2D eigenvalue weighted by Crippen LogP contribution is -2.02.